The lowest BCUT2D eigenvalue weighted by Crippen LogP contribution is -2.36. The number of nitrogens with zero attached hydrogens (tertiary/aromatic N) is 4. The van der Waals surface area contributed by atoms with E-state index in [1.54, 1.807) is 30.3 Å². The van der Waals surface area contributed by atoms with Crippen LogP contribution in [0.2, 0.25) is 0 Å². The molecule has 3 aromatic heterocycles. The first-order chi connectivity index (χ1) is 17.9. The number of carbonyl (C=O) groups is 1. The quantitative estimate of drug-likeness (QED) is 0.430. The Hall–Kier alpha value is -3.92. The molecule has 5 heterocycles. The molecule has 2 aliphatic heterocycles. The number of fused-ring (bicyclic) bond motifs is 9. The Labute approximate surface area is 209 Å². The molecular formula is C27H22F3N5O2. The van der Waals surface area contributed by atoms with E-state index in [1.165, 1.54) is 12.1 Å². The number of imidazole rings is 1. The predicted octanol–water partition coefficient (Wildman–Crippen LogP) is 4.83. The number of carbonyl (C=O) groups excluding carboxylic acids is 1. The standard InChI is InChI=1S/C27H22F3N5O2/c1-34-19-10-16(22-15(26(34)36)3-2-4-20(22)37-27(29)30)25-24(19)33-21-6-5-13(12-35(21)25)14-9-17(28)23(32-11-14)18-7-8-31-18/h2-6,9,11-12,16,18-19,27,31H,7-8,10H2,1H3. The van der Waals surface area contributed by atoms with Crippen LogP contribution in [0, 0.1) is 5.82 Å². The third kappa shape index (κ3) is 3.28. The third-order valence-corrected chi connectivity index (χ3v) is 7.79. The number of nitrogens with one attached hydrogen (secondary N) is 1. The van der Waals surface area contributed by atoms with Crippen LogP contribution in [0.5, 0.6) is 5.75 Å². The van der Waals surface area contributed by atoms with Crippen LogP contribution >= 0.6 is 0 Å². The van der Waals surface area contributed by atoms with Gasteiger partial charge in [0.05, 0.1) is 29.2 Å². The van der Waals surface area contributed by atoms with Gasteiger partial charge < -0.3 is 19.4 Å². The van der Waals surface area contributed by atoms with Gasteiger partial charge in [-0.2, -0.15) is 8.78 Å². The van der Waals surface area contributed by atoms with Gasteiger partial charge >= 0.3 is 6.61 Å². The van der Waals surface area contributed by atoms with Gasteiger partial charge in [-0.05, 0) is 49.7 Å². The summed E-state index contributed by atoms with van der Waals surface area (Å²) in [6.45, 7) is -2.17. The van der Waals surface area contributed by atoms with Crippen LogP contribution in [0.25, 0.3) is 16.8 Å². The van der Waals surface area contributed by atoms with Gasteiger partial charge in [0.15, 0.2) is 0 Å². The van der Waals surface area contributed by atoms with Crippen molar-refractivity contribution in [2.75, 3.05) is 13.6 Å². The molecule has 7 rings (SSSR count). The summed E-state index contributed by atoms with van der Waals surface area (Å²) in [5.41, 5.74) is 4.77. The lowest BCUT2D eigenvalue weighted by Gasteiger charge is -2.27. The van der Waals surface area contributed by atoms with Crippen molar-refractivity contribution in [2.24, 2.45) is 0 Å². The zero-order valence-electron chi connectivity index (χ0n) is 19.8. The lowest BCUT2D eigenvalue weighted by molar-refractivity contribution is -0.0506. The van der Waals surface area contributed by atoms with E-state index >= 15 is 0 Å². The van der Waals surface area contributed by atoms with Crippen LogP contribution in [-0.4, -0.2) is 45.4 Å². The Morgan fingerprint density at radius 1 is 1.16 bits per heavy atom. The molecule has 7 nitrogen and oxygen atoms in total. The highest BCUT2D eigenvalue weighted by molar-refractivity contribution is 5.98. The van der Waals surface area contributed by atoms with Crippen LogP contribution in [0.15, 0.2) is 48.8 Å². The van der Waals surface area contributed by atoms with Gasteiger partial charge in [0.2, 0.25) is 0 Å². The smallest absolute Gasteiger partial charge is 0.387 e. The number of benzene rings is 1. The van der Waals surface area contributed by atoms with Gasteiger partial charge in [-0.1, -0.05) is 6.07 Å². The highest BCUT2D eigenvalue weighted by Gasteiger charge is 2.46. The van der Waals surface area contributed by atoms with E-state index < -0.39 is 6.61 Å². The van der Waals surface area contributed by atoms with Gasteiger partial charge in [-0.25, -0.2) is 9.37 Å². The SMILES string of the molecule is CN1C(=O)c2cccc(OC(F)F)c2C2CC1c1nc3ccc(-c4cnc(C5CCN5)c(F)c4)cn3c12. The molecule has 188 valence electrons. The van der Waals surface area contributed by atoms with E-state index in [0.717, 1.165) is 29.9 Å². The van der Waals surface area contributed by atoms with Crippen molar-refractivity contribution in [1.82, 2.24) is 24.6 Å². The highest BCUT2D eigenvalue weighted by atomic mass is 19.3. The number of ether oxygens (including phenoxy) is 1. The molecule has 37 heavy (non-hydrogen) atoms. The number of pyridine rings is 2. The fourth-order valence-corrected chi connectivity index (χ4v) is 5.89. The summed E-state index contributed by atoms with van der Waals surface area (Å²) >= 11 is 0. The summed E-state index contributed by atoms with van der Waals surface area (Å²) in [6, 6.07) is 9.49. The van der Waals surface area contributed by atoms with Crippen LogP contribution in [0.4, 0.5) is 13.2 Å². The normalized spacial score (nSPS) is 22.1. The Bertz CT molecular complexity index is 1580. The highest BCUT2D eigenvalue weighted by Crippen LogP contribution is 2.52. The molecule has 4 aromatic rings. The van der Waals surface area contributed by atoms with Gasteiger partial charge in [0.1, 0.15) is 17.2 Å². The molecule has 3 unspecified atom stereocenters. The monoisotopic (exact) mass is 505 g/mol. The van der Waals surface area contributed by atoms with Gasteiger partial charge in [-0.15, -0.1) is 0 Å². The van der Waals surface area contributed by atoms with Crippen molar-refractivity contribution in [3.05, 3.63) is 82.8 Å². The largest absolute Gasteiger partial charge is 0.434 e. The number of hydrogen-bond acceptors (Lipinski definition) is 5. The Morgan fingerprint density at radius 2 is 2.00 bits per heavy atom. The average molecular weight is 506 g/mol. The first-order valence-electron chi connectivity index (χ1n) is 12.2. The molecular weight excluding hydrogens is 483 g/mol. The van der Waals surface area contributed by atoms with Gasteiger partial charge in [-0.3, -0.25) is 9.78 Å². The summed E-state index contributed by atoms with van der Waals surface area (Å²) in [6.07, 6.45) is 4.89. The second-order valence-corrected chi connectivity index (χ2v) is 9.73. The number of amides is 1. The van der Waals surface area contributed by atoms with E-state index in [2.05, 4.69) is 10.3 Å². The zero-order valence-corrected chi connectivity index (χ0v) is 19.8. The molecule has 0 radical (unpaired) electrons. The molecule has 1 amide bonds. The minimum atomic E-state index is -3.02. The van der Waals surface area contributed by atoms with Crippen LogP contribution in [-0.2, 0) is 0 Å². The Morgan fingerprint density at radius 3 is 2.73 bits per heavy atom. The number of hydrogen-bond donors (Lipinski definition) is 1. The number of halogens is 3. The first-order valence-corrected chi connectivity index (χ1v) is 12.2. The maximum Gasteiger partial charge on any atom is 0.387 e. The van der Waals surface area contributed by atoms with E-state index in [9.17, 15) is 18.0 Å². The van der Waals surface area contributed by atoms with E-state index in [4.69, 9.17) is 9.72 Å². The maximum atomic E-state index is 14.9. The molecule has 1 fully saturated rings. The number of alkyl halides is 2. The fraction of sp³-hybridized carbons (Fsp3) is 0.296. The lowest BCUT2D eigenvalue weighted by atomic mass is 9.91. The topological polar surface area (TPSA) is 71.8 Å². The van der Waals surface area contributed by atoms with Crippen molar-refractivity contribution in [2.45, 2.75) is 37.5 Å². The van der Waals surface area contributed by atoms with E-state index in [1.807, 2.05) is 22.7 Å². The second-order valence-electron chi connectivity index (χ2n) is 9.73. The summed E-state index contributed by atoms with van der Waals surface area (Å²) in [7, 11) is 1.71. The fourth-order valence-electron chi connectivity index (χ4n) is 5.89. The van der Waals surface area contributed by atoms with Crippen molar-refractivity contribution < 1.29 is 22.7 Å². The molecule has 0 saturated carbocycles. The van der Waals surface area contributed by atoms with Crippen molar-refractivity contribution >= 4 is 11.6 Å². The number of rotatable bonds is 4. The molecule has 1 N–H and O–H groups in total. The zero-order chi connectivity index (χ0) is 25.4. The van der Waals surface area contributed by atoms with Crippen LogP contribution in [0.3, 0.4) is 0 Å². The second kappa shape index (κ2) is 8.04. The summed E-state index contributed by atoms with van der Waals surface area (Å²) in [5, 5.41) is 3.17. The molecule has 2 bridgehead atoms. The Kier molecular flexibility index (Phi) is 4.84. The maximum absolute atomic E-state index is 14.9. The summed E-state index contributed by atoms with van der Waals surface area (Å²) < 4.78 is 48.2. The summed E-state index contributed by atoms with van der Waals surface area (Å²) in [5.74, 6) is -1.01. The molecule has 1 aliphatic carbocycles. The van der Waals surface area contributed by atoms with E-state index in [-0.39, 0.29) is 35.5 Å². The molecule has 1 saturated heterocycles. The molecule has 3 atom stereocenters. The predicted molar refractivity (Wildman–Crippen MR) is 128 cm³/mol. The molecule has 10 heteroatoms. The van der Waals surface area contributed by atoms with Crippen LogP contribution in [0.1, 0.15) is 63.8 Å². The number of aromatic nitrogens is 3. The van der Waals surface area contributed by atoms with Crippen molar-refractivity contribution in [3.8, 4) is 16.9 Å². The third-order valence-electron chi connectivity index (χ3n) is 7.79. The first kappa shape index (κ1) is 22.3. The average Bonchev–Trinajstić information content (AvgIpc) is 3.36. The van der Waals surface area contributed by atoms with Gasteiger partial charge in [0.25, 0.3) is 5.91 Å². The van der Waals surface area contributed by atoms with Gasteiger partial charge in [0, 0.05) is 47.6 Å². The van der Waals surface area contributed by atoms with Crippen molar-refractivity contribution in [1.29, 1.82) is 0 Å². The van der Waals surface area contributed by atoms with Crippen LogP contribution < -0.4 is 10.1 Å². The van der Waals surface area contributed by atoms with Crippen molar-refractivity contribution in [3.63, 3.8) is 0 Å². The summed E-state index contributed by atoms with van der Waals surface area (Å²) in [4.78, 5) is 24.1. The molecule has 3 aliphatic rings. The molecule has 0 spiro atoms. The minimum absolute atomic E-state index is 0.00896. The minimum Gasteiger partial charge on any atom is -0.434 e. The van der Waals surface area contributed by atoms with E-state index in [0.29, 0.717) is 34.5 Å². The molecule has 1 aromatic carbocycles. The Balaban J connectivity index is 1.38.